The van der Waals surface area contributed by atoms with E-state index in [2.05, 4.69) is 9.99 Å². The zero-order valence-corrected chi connectivity index (χ0v) is 3.55. The standard InChI is InChI=1S/C3H6NO2/c1-2-6-4-3-5/h3H,2H2,1H3. The SMILES string of the molecule is CCON=C[O]. The molecular formula is C3H6NO2. The summed E-state index contributed by atoms with van der Waals surface area (Å²) < 4.78 is 0. The van der Waals surface area contributed by atoms with Gasteiger partial charge in [-0.15, -0.1) is 0 Å². The van der Waals surface area contributed by atoms with Crippen molar-refractivity contribution >= 4 is 6.40 Å². The van der Waals surface area contributed by atoms with Gasteiger partial charge in [-0.25, -0.2) is 0 Å². The van der Waals surface area contributed by atoms with Crippen molar-refractivity contribution in [1.82, 2.24) is 0 Å². The van der Waals surface area contributed by atoms with Crippen LogP contribution in [0.25, 0.3) is 0 Å². The quantitative estimate of drug-likeness (QED) is 0.273. The molecule has 0 bridgehead atoms. The van der Waals surface area contributed by atoms with Crippen molar-refractivity contribution < 1.29 is 9.94 Å². The van der Waals surface area contributed by atoms with E-state index in [0.717, 1.165) is 0 Å². The van der Waals surface area contributed by atoms with Crippen LogP contribution in [-0.2, 0) is 9.94 Å². The molecule has 0 aromatic carbocycles. The summed E-state index contributed by atoms with van der Waals surface area (Å²) in [5.74, 6) is 0. The fraction of sp³-hybridized carbons (Fsp3) is 0.667. The molecule has 0 aromatic rings. The second kappa shape index (κ2) is 4.27. The Morgan fingerprint density at radius 2 is 2.67 bits per heavy atom. The topological polar surface area (TPSA) is 41.5 Å². The highest BCUT2D eigenvalue weighted by atomic mass is 16.6. The molecule has 0 saturated heterocycles. The van der Waals surface area contributed by atoms with Gasteiger partial charge in [0.25, 0.3) is 6.40 Å². The van der Waals surface area contributed by atoms with Crippen molar-refractivity contribution in [2.24, 2.45) is 5.16 Å². The first-order valence-corrected chi connectivity index (χ1v) is 1.67. The molecule has 0 N–H and O–H groups in total. The summed E-state index contributed by atoms with van der Waals surface area (Å²) in [5, 5.41) is 12.2. The lowest BCUT2D eigenvalue weighted by atomic mass is 10.9. The molecule has 0 spiro atoms. The predicted molar refractivity (Wildman–Crippen MR) is 20.8 cm³/mol. The molecule has 6 heavy (non-hydrogen) atoms. The van der Waals surface area contributed by atoms with Gasteiger partial charge < -0.3 is 4.84 Å². The molecular weight excluding hydrogens is 82.0 g/mol. The van der Waals surface area contributed by atoms with Crippen LogP contribution in [0.1, 0.15) is 6.92 Å². The molecule has 0 saturated carbocycles. The Morgan fingerprint density at radius 3 is 2.83 bits per heavy atom. The van der Waals surface area contributed by atoms with Crippen molar-refractivity contribution in [2.45, 2.75) is 6.92 Å². The van der Waals surface area contributed by atoms with Crippen LogP contribution in [0.15, 0.2) is 5.16 Å². The molecule has 0 aliphatic rings. The van der Waals surface area contributed by atoms with Crippen LogP contribution in [-0.4, -0.2) is 13.0 Å². The van der Waals surface area contributed by atoms with E-state index >= 15 is 0 Å². The van der Waals surface area contributed by atoms with E-state index in [4.69, 9.17) is 0 Å². The molecule has 0 aliphatic heterocycles. The van der Waals surface area contributed by atoms with Crippen molar-refractivity contribution in [2.75, 3.05) is 6.61 Å². The Balaban J connectivity index is 2.66. The molecule has 0 rings (SSSR count). The van der Waals surface area contributed by atoms with Crippen LogP contribution in [0.3, 0.4) is 0 Å². The van der Waals surface area contributed by atoms with Gasteiger partial charge in [0.1, 0.15) is 6.61 Å². The van der Waals surface area contributed by atoms with Gasteiger partial charge in [0.15, 0.2) is 0 Å². The fourth-order valence-electron chi connectivity index (χ4n) is 0.105. The second-order valence-electron chi connectivity index (χ2n) is 0.629. The van der Waals surface area contributed by atoms with E-state index in [1.54, 1.807) is 6.92 Å². The molecule has 0 heterocycles. The van der Waals surface area contributed by atoms with Crippen LogP contribution in [0.2, 0.25) is 0 Å². The number of nitrogens with zero attached hydrogens (tertiary/aromatic N) is 1. The lowest BCUT2D eigenvalue weighted by Crippen LogP contribution is -1.76. The average molecular weight is 88.1 g/mol. The smallest absolute Gasteiger partial charge is 0.269 e. The second-order valence-corrected chi connectivity index (χ2v) is 0.629. The van der Waals surface area contributed by atoms with Gasteiger partial charge >= 0.3 is 0 Å². The van der Waals surface area contributed by atoms with Gasteiger partial charge in [-0.05, 0) is 6.92 Å². The monoisotopic (exact) mass is 88.0 g/mol. The molecule has 0 aliphatic carbocycles. The van der Waals surface area contributed by atoms with E-state index in [1.165, 1.54) is 0 Å². The van der Waals surface area contributed by atoms with E-state index in [1.807, 2.05) is 0 Å². The summed E-state index contributed by atoms with van der Waals surface area (Å²) in [6.07, 6.45) is 0.365. The molecule has 0 unspecified atom stereocenters. The van der Waals surface area contributed by atoms with Crippen molar-refractivity contribution in [3.63, 3.8) is 0 Å². The highest BCUT2D eigenvalue weighted by Gasteiger charge is 1.63. The Labute approximate surface area is 36.2 Å². The summed E-state index contributed by atoms with van der Waals surface area (Å²) in [6, 6.07) is 0. The van der Waals surface area contributed by atoms with E-state index in [9.17, 15) is 5.11 Å². The maximum atomic E-state index is 9.27. The third-order valence-electron chi connectivity index (χ3n) is 0.247. The highest BCUT2D eigenvalue weighted by Crippen LogP contribution is 1.66. The summed E-state index contributed by atoms with van der Waals surface area (Å²) in [5.41, 5.74) is 0. The Bertz CT molecular complexity index is 44.1. The minimum atomic E-state index is 0.365. The minimum Gasteiger partial charge on any atom is -0.393 e. The van der Waals surface area contributed by atoms with Crippen molar-refractivity contribution in [1.29, 1.82) is 0 Å². The fourth-order valence-corrected chi connectivity index (χ4v) is 0.105. The summed E-state index contributed by atoms with van der Waals surface area (Å²) in [4.78, 5) is 4.24. The Morgan fingerprint density at radius 1 is 2.00 bits per heavy atom. The molecule has 0 amide bonds. The maximum Gasteiger partial charge on any atom is 0.269 e. The molecule has 0 aromatic heterocycles. The molecule has 3 nitrogen and oxygen atoms in total. The summed E-state index contributed by atoms with van der Waals surface area (Å²) >= 11 is 0. The van der Waals surface area contributed by atoms with Gasteiger partial charge in [-0.1, -0.05) is 5.16 Å². The molecule has 0 atom stereocenters. The molecule has 1 radical (unpaired) electrons. The lowest BCUT2D eigenvalue weighted by molar-refractivity contribution is 0.152. The molecule has 35 valence electrons. The lowest BCUT2D eigenvalue weighted by Gasteiger charge is -1.82. The van der Waals surface area contributed by atoms with Crippen molar-refractivity contribution in [3.05, 3.63) is 0 Å². The third kappa shape index (κ3) is 3.27. The third-order valence-corrected chi connectivity index (χ3v) is 0.247. The average Bonchev–Trinajstić information content (AvgIpc) is 1.61. The predicted octanol–water partition coefficient (Wildman–Crippen LogP) is 0.397. The normalized spacial score (nSPS) is 9.50. The first kappa shape index (κ1) is 5.27. The van der Waals surface area contributed by atoms with E-state index in [-0.39, 0.29) is 0 Å². The largest absolute Gasteiger partial charge is 0.393 e. The van der Waals surface area contributed by atoms with Crippen LogP contribution >= 0.6 is 0 Å². The van der Waals surface area contributed by atoms with E-state index in [0.29, 0.717) is 13.0 Å². The van der Waals surface area contributed by atoms with Gasteiger partial charge in [0.2, 0.25) is 0 Å². The van der Waals surface area contributed by atoms with Crippen molar-refractivity contribution in [3.8, 4) is 0 Å². The summed E-state index contributed by atoms with van der Waals surface area (Å²) in [6.45, 7) is 2.21. The summed E-state index contributed by atoms with van der Waals surface area (Å²) in [7, 11) is 0. The molecule has 0 fully saturated rings. The Hall–Kier alpha value is -0.730. The Kier molecular flexibility index (Phi) is 3.75. The minimum absolute atomic E-state index is 0.365. The van der Waals surface area contributed by atoms with Crippen LogP contribution < -0.4 is 0 Å². The van der Waals surface area contributed by atoms with Crippen LogP contribution in [0.4, 0.5) is 0 Å². The van der Waals surface area contributed by atoms with E-state index < -0.39 is 0 Å². The number of oxime groups is 1. The zero-order valence-electron chi connectivity index (χ0n) is 3.55. The van der Waals surface area contributed by atoms with Gasteiger partial charge in [0, 0.05) is 0 Å². The molecule has 3 heteroatoms. The van der Waals surface area contributed by atoms with Gasteiger partial charge in [-0.3, -0.25) is 5.11 Å². The highest BCUT2D eigenvalue weighted by molar-refractivity contribution is 5.40. The zero-order chi connectivity index (χ0) is 4.83. The first-order chi connectivity index (χ1) is 2.91. The van der Waals surface area contributed by atoms with Crippen LogP contribution in [0, 0.1) is 0 Å². The number of hydrogen-bond donors (Lipinski definition) is 0. The van der Waals surface area contributed by atoms with Gasteiger partial charge in [-0.2, -0.15) is 0 Å². The number of rotatable bonds is 2. The van der Waals surface area contributed by atoms with Gasteiger partial charge in [0.05, 0.1) is 0 Å². The van der Waals surface area contributed by atoms with Crippen LogP contribution in [0.5, 0.6) is 0 Å². The first-order valence-electron chi connectivity index (χ1n) is 1.67. The number of hydrogen-bond acceptors (Lipinski definition) is 2. The maximum absolute atomic E-state index is 9.27.